The molecule has 0 aliphatic rings. The first-order chi connectivity index (χ1) is 13.8. The van der Waals surface area contributed by atoms with Crippen LogP contribution in [0.2, 0.25) is 0 Å². The Kier molecular flexibility index (Phi) is 6.92. The van der Waals surface area contributed by atoms with E-state index >= 15 is 0 Å². The van der Waals surface area contributed by atoms with Gasteiger partial charge in [0.25, 0.3) is 0 Å². The highest BCUT2D eigenvalue weighted by Crippen LogP contribution is 2.29. The smallest absolute Gasteiger partial charge is 0.417 e. The number of nitrogens with one attached hydrogen (secondary N) is 1. The van der Waals surface area contributed by atoms with Gasteiger partial charge in [0.05, 0.1) is 16.3 Å². The van der Waals surface area contributed by atoms with Crippen LogP contribution in [0.4, 0.5) is 19.0 Å². The Morgan fingerprint density at radius 1 is 1.03 bits per heavy atom. The number of aromatic nitrogens is 1. The van der Waals surface area contributed by atoms with E-state index in [1.165, 1.54) is 12.3 Å². The van der Waals surface area contributed by atoms with Crippen molar-refractivity contribution >= 4 is 43.9 Å². The summed E-state index contributed by atoms with van der Waals surface area (Å²) in [6, 6.07) is 15.4. The molecule has 0 saturated heterocycles. The molecule has 3 aromatic rings. The van der Waals surface area contributed by atoms with E-state index < -0.39 is 11.7 Å². The van der Waals surface area contributed by atoms with Crippen LogP contribution in [-0.2, 0) is 12.8 Å². The van der Waals surface area contributed by atoms with Crippen molar-refractivity contribution in [3.63, 3.8) is 0 Å². The Balaban J connectivity index is 1.57. The first-order valence-electron chi connectivity index (χ1n) is 8.30. The Morgan fingerprint density at radius 3 is 2.41 bits per heavy atom. The molecule has 0 aliphatic heterocycles. The molecule has 0 saturated carbocycles. The summed E-state index contributed by atoms with van der Waals surface area (Å²) in [5.41, 5.74) is 3.60. The molecule has 0 unspecified atom stereocenters. The Morgan fingerprint density at radius 2 is 1.79 bits per heavy atom. The highest BCUT2D eigenvalue weighted by Gasteiger charge is 2.30. The van der Waals surface area contributed by atoms with Gasteiger partial charge in [-0.2, -0.15) is 18.3 Å². The number of halogens is 5. The number of rotatable bonds is 6. The third-order valence-corrected chi connectivity index (χ3v) is 4.90. The van der Waals surface area contributed by atoms with Crippen LogP contribution in [-0.4, -0.2) is 11.2 Å². The highest BCUT2D eigenvalue weighted by atomic mass is 79.9. The number of hydrazone groups is 1. The Labute approximate surface area is 182 Å². The average molecular weight is 529 g/mol. The zero-order valence-electron chi connectivity index (χ0n) is 14.8. The predicted octanol–water partition coefficient (Wildman–Crippen LogP) is 6.65. The molecule has 0 bridgehead atoms. The number of hydrogen-bond acceptors (Lipinski definition) is 4. The number of pyridine rings is 1. The van der Waals surface area contributed by atoms with E-state index in [-0.39, 0.29) is 5.82 Å². The fourth-order valence-electron chi connectivity index (χ4n) is 2.26. The van der Waals surface area contributed by atoms with Gasteiger partial charge >= 0.3 is 6.18 Å². The van der Waals surface area contributed by atoms with Crippen molar-refractivity contribution in [1.82, 2.24) is 4.98 Å². The summed E-state index contributed by atoms with van der Waals surface area (Å²) in [6.45, 7) is 0.431. The fraction of sp³-hybridized carbons (Fsp3) is 0.100. The van der Waals surface area contributed by atoms with Crippen LogP contribution in [0.1, 0.15) is 16.7 Å². The number of ether oxygens (including phenoxy) is 1. The number of alkyl halides is 3. The molecule has 0 fully saturated rings. The summed E-state index contributed by atoms with van der Waals surface area (Å²) in [5.74, 6) is 0.894. The van der Waals surface area contributed by atoms with Crippen molar-refractivity contribution < 1.29 is 17.9 Å². The van der Waals surface area contributed by atoms with E-state index in [2.05, 4.69) is 47.4 Å². The van der Waals surface area contributed by atoms with Gasteiger partial charge in [-0.25, -0.2) is 4.98 Å². The molecule has 0 radical (unpaired) electrons. The van der Waals surface area contributed by atoms with Crippen molar-refractivity contribution in [1.29, 1.82) is 0 Å². The van der Waals surface area contributed by atoms with Gasteiger partial charge in [0, 0.05) is 10.7 Å². The Hall–Kier alpha value is -2.39. The third-order valence-electron chi connectivity index (χ3n) is 3.75. The van der Waals surface area contributed by atoms with Crippen molar-refractivity contribution in [2.24, 2.45) is 5.10 Å². The molecule has 2 aromatic carbocycles. The lowest BCUT2D eigenvalue weighted by Crippen LogP contribution is -2.05. The molecule has 1 N–H and O–H groups in total. The van der Waals surface area contributed by atoms with Crippen molar-refractivity contribution in [2.75, 3.05) is 5.43 Å². The maximum absolute atomic E-state index is 12.5. The molecule has 0 atom stereocenters. The normalized spacial score (nSPS) is 11.6. The Bertz CT molecular complexity index is 991. The van der Waals surface area contributed by atoms with Crippen molar-refractivity contribution in [2.45, 2.75) is 12.8 Å². The molecular formula is C20H14Br2F3N3O. The van der Waals surface area contributed by atoms with Gasteiger partial charge in [-0.15, -0.1) is 0 Å². The first kappa shape index (κ1) is 21.3. The van der Waals surface area contributed by atoms with Crippen molar-refractivity contribution in [3.05, 3.63) is 86.4 Å². The summed E-state index contributed by atoms with van der Waals surface area (Å²) in [5, 5.41) is 3.99. The standard InChI is InChI=1S/C20H14Br2F3N3O/c21-16-5-1-13(2-6-16)12-29-18-7-3-14(9-17(18)22)10-27-28-19-8-4-15(11-26-19)20(23,24)25/h1-11H,12H2,(H,26,28)/b27-10-. The van der Waals surface area contributed by atoms with Crippen LogP contribution < -0.4 is 10.2 Å². The minimum atomic E-state index is -4.41. The van der Waals surface area contributed by atoms with Gasteiger partial charge in [0.1, 0.15) is 18.2 Å². The third kappa shape index (κ3) is 6.30. The van der Waals surface area contributed by atoms with Gasteiger partial charge in [-0.3, -0.25) is 5.43 Å². The molecular weight excluding hydrogens is 515 g/mol. The van der Waals surface area contributed by atoms with Gasteiger partial charge in [0.2, 0.25) is 0 Å². The van der Waals surface area contributed by atoms with E-state index in [0.717, 1.165) is 32.3 Å². The summed E-state index contributed by atoms with van der Waals surface area (Å²) in [6.07, 6.45) is -2.13. The number of hydrogen-bond donors (Lipinski definition) is 1. The number of anilines is 1. The molecule has 1 heterocycles. The van der Waals surface area contributed by atoms with Gasteiger partial charge < -0.3 is 4.74 Å². The molecule has 3 rings (SSSR count). The van der Waals surface area contributed by atoms with Crippen LogP contribution in [0, 0.1) is 0 Å². The molecule has 4 nitrogen and oxygen atoms in total. The topological polar surface area (TPSA) is 46.5 Å². The van der Waals surface area contributed by atoms with Gasteiger partial charge in [0.15, 0.2) is 0 Å². The van der Waals surface area contributed by atoms with Crippen LogP contribution in [0.5, 0.6) is 5.75 Å². The van der Waals surface area contributed by atoms with E-state index in [4.69, 9.17) is 4.74 Å². The average Bonchev–Trinajstić information content (AvgIpc) is 2.68. The van der Waals surface area contributed by atoms with E-state index in [1.807, 2.05) is 36.4 Å². The monoisotopic (exact) mass is 527 g/mol. The van der Waals surface area contributed by atoms with Crippen LogP contribution in [0.25, 0.3) is 0 Å². The zero-order valence-corrected chi connectivity index (χ0v) is 17.9. The van der Waals surface area contributed by atoms with E-state index in [0.29, 0.717) is 12.4 Å². The quantitative estimate of drug-likeness (QED) is 0.288. The van der Waals surface area contributed by atoms with E-state index in [9.17, 15) is 13.2 Å². The minimum Gasteiger partial charge on any atom is -0.488 e. The van der Waals surface area contributed by atoms with Gasteiger partial charge in [-0.05, 0) is 69.5 Å². The van der Waals surface area contributed by atoms with Crippen LogP contribution in [0.3, 0.4) is 0 Å². The molecule has 29 heavy (non-hydrogen) atoms. The SMILES string of the molecule is FC(F)(F)c1ccc(N/N=C\c2ccc(OCc3ccc(Br)cc3)c(Br)c2)nc1. The summed E-state index contributed by atoms with van der Waals surface area (Å²) in [7, 11) is 0. The largest absolute Gasteiger partial charge is 0.488 e. The molecule has 0 amide bonds. The summed E-state index contributed by atoms with van der Waals surface area (Å²) < 4.78 is 45.1. The van der Waals surface area contributed by atoms with Crippen LogP contribution in [0.15, 0.2) is 74.8 Å². The molecule has 1 aromatic heterocycles. The molecule has 150 valence electrons. The maximum atomic E-state index is 12.5. The second-order valence-electron chi connectivity index (χ2n) is 5.90. The molecule has 9 heteroatoms. The fourth-order valence-corrected chi connectivity index (χ4v) is 3.03. The predicted molar refractivity (Wildman–Crippen MR) is 113 cm³/mol. The highest BCUT2D eigenvalue weighted by molar-refractivity contribution is 9.10. The molecule has 0 aliphatic carbocycles. The number of benzene rings is 2. The van der Waals surface area contributed by atoms with Crippen molar-refractivity contribution in [3.8, 4) is 5.75 Å². The molecule has 0 spiro atoms. The van der Waals surface area contributed by atoms with Gasteiger partial charge in [-0.1, -0.05) is 28.1 Å². The maximum Gasteiger partial charge on any atom is 0.417 e. The second kappa shape index (κ2) is 9.41. The lowest BCUT2D eigenvalue weighted by molar-refractivity contribution is -0.137. The zero-order chi connectivity index (χ0) is 20.9. The lowest BCUT2D eigenvalue weighted by Gasteiger charge is -2.09. The summed E-state index contributed by atoms with van der Waals surface area (Å²) in [4.78, 5) is 3.69. The first-order valence-corrected chi connectivity index (χ1v) is 9.89. The van der Waals surface area contributed by atoms with Crippen LogP contribution >= 0.6 is 31.9 Å². The van der Waals surface area contributed by atoms with E-state index in [1.54, 1.807) is 6.07 Å². The minimum absolute atomic E-state index is 0.211. The summed E-state index contributed by atoms with van der Waals surface area (Å²) >= 11 is 6.85. The lowest BCUT2D eigenvalue weighted by atomic mass is 10.2. The second-order valence-corrected chi connectivity index (χ2v) is 7.67. The number of nitrogens with zero attached hydrogens (tertiary/aromatic N) is 2.